The highest BCUT2D eigenvalue weighted by Crippen LogP contribution is 2.26. The number of thiazole rings is 1. The standard InChI is InChI=1S/C19H20N2OS2/c22-19(14-6-9-18-17(12-14)20-13-24-18)21-10-2-1-4-15(21)7-8-16-5-3-11-23-16/h3,5-6,9,11-13,15H,1-2,4,7-8,10H2. The first-order valence-electron chi connectivity index (χ1n) is 8.48. The summed E-state index contributed by atoms with van der Waals surface area (Å²) < 4.78 is 1.14. The van der Waals surface area contributed by atoms with Gasteiger partial charge in [-0.3, -0.25) is 4.79 Å². The fourth-order valence-electron chi connectivity index (χ4n) is 3.49. The van der Waals surface area contributed by atoms with Crippen LogP contribution in [0.15, 0.2) is 41.2 Å². The van der Waals surface area contributed by atoms with Gasteiger partial charge >= 0.3 is 0 Å². The number of piperidine rings is 1. The van der Waals surface area contributed by atoms with Crippen molar-refractivity contribution in [2.45, 2.75) is 38.1 Å². The van der Waals surface area contributed by atoms with Crippen LogP contribution >= 0.6 is 22.7 Å². The van der Waals surface area contributed by atoms with Gasteiger partial charge in [-0.25, -0.2) is 4.98 Å². The summed E-state index contributed by atoms with van der Waals surface area (Å²) in [6.07, 6.45) is 5.59. The number of benzene rings is 1. The van der Waals surface area contributed by atoms with E-state index in [0.717, 1.165) is 48.0 Å². The van der Waals surface area contributed by atoms with Crippen molar-refractivity contribution in [1.29, 1.82) is 0 Å². The van der Waals surface area contributed by atoms with Crippen molar-refractivity contribution < 1.29 is 4.79 Å². The number of likely N-dealkylation sites (tertiary alicyclic amines) is 1. The molecule has 0 saturated carbocycles. The number of rotatable bonds is 4. The number of nitrogens with zero attached hydrogens (tertiary/aromatic N) is 2. The Hall–Kier alpha value is -1.72. The Balaban J connectivity index is 1.51. The second-order valence-electron chi connectivity index (χ2n) is 6.30. The summed E-state index contributed by atoms with van der Waals surface area (Å²) in [7, 11) is 0. The maximum absolute atomic E-state index is 13.0. The van der Waals surface area contributed by atoms with Gasteiger partial charge < -0.3 is 4.90 Å². The lowest BCUT2D eigenvalue weighted by molar-refractivity contribution is 0.0602. The molecular formula is C19H20N2OS2. The van der Waals surface area contributed by atoms with E-state index in [0.29, 0.717) is 6.04 Å². The minimum Gasteiger partial charge on any atom is -0.336 e. The van der Waals surface area contributed by atoms with Crippen LogP contribution in [0.3, 0.4) is 0 Å². The SMILES string of the molecule is O=C(c1ccc2scnc2c1)N1CCCCC1CCc1cccs1. The Morgan fingerprint density at radius 1 is 1.25 bits per heavy atom. The van der Waals surface area contributed by atoms with Crippen molar-refractivity contribution in [3.63, 3.8) is 0 Å². The maximum atomic E-state index is 13.0. The van der Waals surface area contributed by atoms with Gasteiger partial charge in [0.1, 0.15) is 0 Å². The van der Waals surface area contributed by atoms with Crippen molar-refractivity contribution in [2.24, 2.45) is 0 Å². The Morgan fingerprint density at radius 3 is 3.08 bits per heavy atom. The van der Waals surface area contributed by atoms with Crippen molar-refractivity contribution in [3.8, 4) is 0 Å². The van der Waals surface area contributed by atoms with Crippen LogP contribution < -0.4 is 0 Å². The highest BCUT2D eigenvalue weighted by Gasteiger charge is 2.27. The molecule has 124 valence electrons. The van der Waals surface area contributed by atoms with Crippen molar-refractivity contribution >= 4 is 38.8 Å². The van der Waals surface area contributed by atoms with Crippen LogP contribution in [-0.2, 0) is 6.42 Å². The van der Waals surface area contributed by atoms with Crippen LogP contribution in [0.25, 0.3) is 10.2 Å². The van der Waals surface area contributed by atoms with E-state index in [1.807, 2.05) is 35.0 Å². The molecule has 0 bridgehead atoms. The third kappa shape index (κ3) is 3.23. The molecule has 1 atom stereocenters. The van der Waals surface area contributed by atoms with Crippen LogP contribution in [0, 0.1) is 0 Å². The molecule has 0 radical (unpaired) electrons. The molecule has 1 unspecified atom stereocenters. The van der Waals surface area contributed by atoms with Crippen molar-refractivity contribution in [2.75, 3.05) is 6.54 Å². The third-order valence-electron chi connectivity index (χ3n) is 4.77. The molecule has 3 aromatic rings. The first kappa shape index (κ1) is 15.8. The van der Waals surface area contributed by atoms with Gasteiger partial charge in [0, 0.05) is 23.0 Å². The lowest BCUT2D eigenvalue weighted by Gasteiger charge is -2.36. The minimum atomic E-state index is 0.167. The summed E-state index contributed by atoms with van der Waals surface area (Å²) in [5.74, 6) is 0.167. The predicted octanol–water partition coefficient (Wildman–Crippen LogP) is 4.99. The van der Waals surface area contributed by atoms with Gasteiger partial charge in [-0.1, -0.05) is 6.07 Å². The number of carbonyl (C=O) groups excluding carboxylic acids is 1. The second-order valence-corrected chi connectivity index (χ2v) is 8.22. The Kier molecular flexibility index (Phi) is 4.63. The lowest BCUT2D eigenvalue weighted by atomic mass is 9.96. The molecular weight excluding hydrogens is 336 g/mol. The Morgan fingerprint density at radius 2 is 2.21 bits per heavy atom. The largest absolute Gasteiger partial charge is 0.336 e. The molecule has 1 aliphatic heterocycles. The van der Waals surface area contributed by atoms with Crippen LogP contribution in [0.5, 0.6) is 0 Å². The van der Waals surface area contributed by atoms with E-state index >= 15 is 0 Å². The predicted molar refractivity (Wildman–Crippen MR) is 101 cm³/mol. The van der Waals surface area contributed by atoms with Crippen LogP contribution in [0.4, 0.5) is 0 Å². The van der Waals surface area contributed by atoms with Crippen LogP contribution in [0.1, 0.15) is 40.9 Å². The van der Waals surface area contributed by atoms with Crippen LogP contribution in [0.2, 0.25) is 0 Å². The number of carbonyl (C=O) groups is 1. The number of aromatic nitrogens is 1. The smallest absolute Gasteiger partial charge is 0.254 e. The van der Waals surface area contributed by atoms with E-state index in [4.69, 9.17) is 0 Å². The highest BCUT2D eigenvalue weighted by molar-refractivity contribution is 7.16. The first-order valence-corrected chi connectivity index (χ1v) is 10.2. The molecule has 2 aromatic heterocycles. The maximum Gasteiger partial charge on any atom is 0.254 e. The molecule has 1 fully saturated rings. The summed E-state index contributed by atoms with van der Waals surface area (Å²) in [6, 6.07) is 10.6. The fraction of sp³-hybridized carbons (Fsp3) is 0.368. The van der Waals surface area contributed by atoms with E-state index in [9.17, 15) is 4.79 Å². The molecule has 0 aliphatic carbocycles. The molecule has 0 N–H and O–H groups in total. The van der Waals surface area contributed by atoms with Gasteiger partial charge in [0.15, 0.2) is 0 Å². The second kappa shape index (κ2) is 7.03. The van der Waals surface area contributed by atoms with Gasteiger partial charge in [-0.2, -0.15) is 0 Å². The molecule has 4 rings (SSSR count). The normalized spacial score (nSPS) is 18.2. The number of aryl methyl sites for hydroxylation is 1. The Labute approximate surface area is 150 Å². The molecule has 1 amide bonds. The zero-order chi connectivity index (χ0) is 16.4. The minimum absolute atomic E-state index is 0.167. The van der Waals surface area contributed by atoms with Crippen molar-refractivity contribution in [3.05, 3.63) is 51.7 Å². The number of amides is 1. The quantitative estimate of drug-likeness (QED) is 0.660. The van der Waals surface area contributed by atoms with Gasteiger partial charge in [0.05, 0.1) is 15.7 Å². The molecule has 3 nitrogen and oxygen atoms in total. The number of thiophene rings is 1. The molecule has 1 aliphatic rings. The molecule has 1 aromatic carbocycles. The zero-order valence-electron chi connectivity index (χ0n) is 13.5. The summed E-state index contributed by atoms with van der Waals surface area (Å²) in [4.78, 5) is 20.9. The molecule has 1 saturated heterocycles. The van der Waals surface area contributed by atoms with E-state index in [2.05, 4.69) is 27.4 Å². The average molecular weight is 357 g/mol. The first-order chi connectivity index (χ1) is 11.8. The summed E-state index contributed by atoms with van der Waals surface area (Å²) in [6.45, 7) is 0.878. The average Bonchev–Trinajstić information content (AvgIpc) is 3.30. The van der Waals surface area contributed by atoms with E-state index in [1.54, 1.807) is 11.3 Å². The molecule has 3 heterocycles. The van der Waals surface area contributed by atoms with E-state index in [-0.39, 0.29) is 5.91 Å². The lowest BCUT2D eigenvalue weighted by Crippen LogP contribution is -2.43. The number of hydrogen-bond donors (Lipinski definition) is 0. The van der Waals surface area contributed by atoms with Gasteiger partial charge in [-0.05, 0) is 61.7 Å². The van der Waals surface area contributed by atoms with Crippen LogP contribution in [-0.4, -0.2) is 28.4 Å². The topological polar surface area (TPSA) is 33.2 Å². The Bertz CT molecular complexity index is 825. The van der Waals surface area contributed by atoms with Gasteiger partial charge in [0.2, 0.25) is 0 Å². The zero-order valence-corrected chi connectivity index (χ0v) is 15.1. The summed E-state index contributed by atoms with van der Waals surface area (Å²) in [5, 5.41) is 2.13. The van der Waals surface area contributed by atoms with Crippen molar-refractivity contribution in [1.82, 2.24) is 9.88 Å². The van der Waals surface area contributed by atoms with E-state index in [1.165, 1.54) is 11.3 Å². The molecule has 0 spiro atoms. The van der Waals surface area contributed by atoms with E-state index < -0.39 is 0 Å². The summed E-state index contributed by atoms with van der Waals surface area (Å²) >= 11 is 3.42. The molecule has 5 heteroatoms. The molecule has 24 heavy (non-hydrogen) atoms. The summed E-state index contributed by atoms with van der Waals surface area (Å²) in [5.41, 5.74) is 3.54. The van der Waals surface area contributed by atoms with Gasteiger partial charge in [0.25, 0.3) is 5.91 Å². The number of fused-ring (bicyclic) bond motifs is 1. The number of hydrogen-bond acceptors (Lipinski definition) is 4. The monoisotopic (exact) mass is 356 g/mol. The third-order valence-corrected chi connectivity index (χ3v) is 6.52. The highest BCUT2D eigenvalue weighted by atomic mass is 32.1. The van der Waals surface area contributed by atoms with Gasteiger partial charge in [-0.15, -0.1) is 22.7 Å². The fourth-order valence-corrected chi connectivity index (χ4v) is 4.87.